The van der Waals surface area contributed by atoms with Crippen LogP contribution in [0, 0.1) is 0 Å². The molecule has 0 aromatic carbocycles. The minimum Gasteiger partial charge on any atom is -0.329 e. The van der Waals surface area contributed by atoms with Crippen molar-refractivity contribution in [3.05, 3.63) is 0 Å². The van der Waals surface area contributed by atoms with Crippen LogP contribution in [-0.2, 0) is 0 Å². The normalized spacial score (nSPS) is 10.8. The van der Waals surface area contributed by atoms with Crippen molar-refractivity contribution in [2.45, 2.75) is 64.7 Å². The second-order valence-electron chi connectivity index (χ2n) is 4.37. The maximum Gasteiger partial charge on any atom is 0.00745 e. The van der Waals surface area contributed by atoms with Crippen molar-refractivity contribution < 1.29 is 0 Å². The maximum atomic E-state index is 5.39. The molecule has 0 heterocycles. The monoisotopic (exact) mass is 214 g/mol. The van der Waals surface area contributed by atoms with Crippen LogP contribution in [0.5, 0.6) is 0 Å². The zero-order valence-electron chi connectivity index (χ0n) is 10.6. The van der Waals surface area contributed by atoms with Crippen molar-refractivity contribution in [2.75, 3.05) is 19.6 Å². The van der Waals surface area contributed by atoms with Gasteiger partial charge in [-0.05, 0) is 13.0 Å². The van der Waals surface area contributed by atoms with Gasteiger partial charge in [0.05, 0.1) is 0 Å². The van der Waals surface area contributed by atoms with Gasteiger partial charge in [0, 0.05) is 13.1 Å². The summed E-state index contributed by atoms with van der Waals surface area (Å²) in [5.74, 6) is 0. The quantitative estimate of drug-likeness (QED) is 0.490. The molecule has 0 atom stereocenters. The number of hydrogen-bond donors (Lipinski definition) is 2. The third-order valence-electron chi connectivity index (χ3n) is 2.78. The van der Waals surface area contributed by atoms with Crippen molar-refractivity contribution in [2.24, 2.45) is 5.73 Å². The van der Waals surface area contributed by atoms with Gasteiger partial charge < -0.3 is 11.1 Å². The van der Waals surface area contributed by atoms with Crippen LogP contribution in [0.3, 0.4) is 0 Å². The highest BCUT2D eigenvalue weighted by molar-refractivity contribution is 4.50. The fraction of sp³-hybridized carbons (Fsp3) is 1.00. The lowest BCUT2D eigenvalue weighted by molar-refractivity contribution is 0.550. The minimum absolute atomic E-state index is 0.761. The van der Waals surface area contributed by atoms with Crippen LogP contribution in [0.4, 0.5) is 0 Å². The summed E-state index contributed by atoms with van der Waals surface area (Å²) < 4.78 is 0. The van der Waals surface area contributed by atoms with E-state index in [1.807, 2.05) is 0 Å². The van der Waals surface area contributed by atoms with Crippen LogP contribution in [0.1, 0.15) is 64.7 Å². The molecule has 0 fully saturated rings. The molecule has 92 valence electrons. The molecule has 0 aromatic rings. The van der Waals surface area contributed by atoms with Gasteiger partial charge in [-0.2, -0.15) is 0 Å². The van der Waals surface area contributed by atoms with Gasteiger partial charge in [-0.1, -0.05) is 58.3 Å². The highest BCUT2D eigenvalue weighted by Gasteiger charge is 1.91. The summed E-state index contributed by atoms with van der Waals surface area (Å²) in [5.41, 5.74) is 5.39. The first-order valence-corrected chi connectivity index (χ1v) is 6.82. The Morgan fingerprint density at radius 1 is 0.733 bits per heavy atom. The molecule has 0 unspecified atom stereocenters. The number of nitrogens with one attached hydrogen (secondary N) is 1. The van der Waals surface area contributed by atoms with E-state index in [1.165, 1.54) is 57.8 Å². The largest absolute Gasteiger partial charge is 0.329 e. The SMILES string of the molecule is CCCCCCCCCCCNCCN. The molecule has 0 aliphatic carbocycles. The van der Waals surface area contributed by atoms with Gasteiger partial charge in [0.2, 0.25) is 0 Å². The Kier molecular flexibility index (Phi) is 13.8. The van der Waals surface area contributed by atoms with Crippen molar-refractivity contribution in [3.8, 4) is 0 Å². The third kappa shape index (κ3) is 13.9. The first-order valence-electron chi connectivity index (χ1n) is 6.82. The Labute approximate surface area is 96.0 Å². The second-order valence-corrected chi connectivity index (χ2v) is 4.37. The van der Waals surface area contributed by atoms with Crippen molar-refractivity contribution in [3.63, 3.8) is 0 Å². The summed E-state index contributed by atoms with van der Waals surface area (Å²) in [6.07, 6.45) is 12.6. The van der Waals surface area contributed by atoms with Gasteiger partial charge in [0.1, 0.15) is 0 Å². The van der Waals surface area contributed by atoms with Gasteiger partial charge in [0.15, 0.2) is 0 Å². The fourth-order valence-electron chi connectivity index (χ4n) is 1.79. The van der Waals surface area contributed by atoms with E-state index >= 15 is 0 Å². The highest BCUT2D eigenvalue weighted by Crippen LogP contribution is 2.08. The maximum absolute atomic E-state index is 5.39. The Balaban J connectivity index is 2.81. The van der Waals surface area contributed by atoms with E-state index in [9.17, 15) is 0 Å². The van der Waals surface area contributed by atoms with Crippen molar-refractivity contribution >= 4 is 0 Å². The molecule has 0 aliphatic heterocycles. The van der Waals surface area contributed by atoms with E-state index in [-0.39, 0.29) is 0 Å². The number of nitrogens with two attached hydrogens (primary N) is 1. The van der Waals surface area contributed by atoms with Gasteiger partial charge >= 0.3 is 0 Å². The molecule has 0 aromatic heterocycles. The predicted molar refractivity (Wildman–Crippen MR) is 69.2 cm³/mol. The average molecular weight is 214 g/mol. The van der Waals surface area contributed by atoms with Crippen LogP contribution in [-0.4, -0.2) is 19.6 Å². The van der Waals surface area contributed by atoms with Gasteiger partial charge in [-0.3, -0.25) is 0 Å². The minimum atomic E-state index is 0.761. The van der Waals surface area contributed by atoms with Crippen molar-refractivity contribution in [1.82, 2.24) is 5.32 Å². The molecule has 0 radical (unpaired) electrons. The molecular weight excluding hydrogens is 184 g/mol. The molecule has 0 saturated heterocycles. The topological polar surface area (TPSA) is 38.0 Å². The first kappa shape index (κ1) is 14.9. The van der Waals surface area contributed by atoms with Crippen LogP contribution >= 0.6 is 0 Å². The molecule has 3 N–H and O–H groups in total. The summed E-state index contributed by atoms with van der Waals surface area (Å²) in [7, 11) is 0. The molecule has 0 saturated carbocycles. The van der Waals surface area contributed by atoms with Gasteiger partial charge in [-0.15, -0.1) is 0 Å². The molecule has 0 bridgehead atoms. The lowest BCUT2D eigenvalue weighted by Crippen LogP contribution is -2.23. The number of rotatable bonds is 12. The summed E-state index contributed by atoms with van der Waals surface area (Å²) in [6.45, 7) is 5.15. The number of hydrogen-bond acceptors (Lipinski definition) is 2. The lowest BCUT2D eigenvalue weighted by Gasteiger charge is -2.03. The molecule has 0 rings (SSSR count). The summed E-state index contributed by atoms with van der Waals surface area (Å²) in [4.78, 5) is 0. The Bertz CT molecular complexity index is 92.7. The van der Waals surface area contributed by atoms with Crippen LogP contribution in [0.2, 0.25) is 0 Å². The Morgan fingerprint density at radius 2 is 1.27 bits per heavy atom. The third-order valence-corrected chi connectivity index (χ3v) is 2.78. The smallest absolute Gasteiger partial charge is 0.00745 e. The fourth-order valence-corrected chi connectivity index (χ4v) is 1.79. The van der Waals surface area contributed by atoms with E-state index < -0.39 is 0 Å². The molecule has 2 nitrogen and oxygen atoms in total. The molecule has 0 aliphatic rings. The van der Waals surface area contributed by atoms with Crippen molar-refractivity contribution in [1.29, 1.82) is 0 Å². The van der Waals surface area contributed by atoms with E-state index in [2.05, 4.69) is 12.2 Å². The molecular formula is C13H30N2. The zero-order valence-corrected chi connectivity index (χ0v) is 10.6. The second kappa shape index (κ2) is 13.9. The van der Waals surface area contributed by atoms with Gasteiger partial charge in [0.25, 0.3) is 0 Å². The van der Waals surface area contributed by atoms with E-state index in [1.54, 1.807) is 0 Å². The predicted octanol–water partition coefficient (Wildman–Crippen LogP) is 3.07. The zero-order chi connectivity index (χ0) is 11.2. The lowest BCUT2D eigenvalue weighted by atomic mass is 10.1. The summed E-state index contributed by atoms with van der Waals surface area (Å²) in [6, 6.07) is 0. The number of unbranched alkanes of at least 4 members (excludes halogenated alkanes) is 8. The molecule has 0 spiro atoms. The molecule has 0 amide bonds. The Morgan fingerprint density at radius 3 is 1.80 bits per heavy atom. The van der Waals surface area contributed by atoms with E-state index in [0.717, 1.165) is 19.6 Å². The highest BCUT2D eigenvalue weighted by atomic mass is 14.9. The van der Waals surface area contributed by atoms with Crippen LogP contribution < -0.4 is 11.1 Å². The molecule has 2 heteroatoms. The Hall–Kier alpha value is -0.0800. The average Bonchev–Trinajstić information content (AvgIpc) is 2.26. The van der Waals surface area contributed by atoms with E-state index in [0.29, 0.717) is 0 Å². The van der Waals surface area contributed by atoms with Crippen LogP contribution in [0.15, 0.2) is 0 Å². The summed E-state index contributed by atoms with van der Waals surface area (Å²) in [5, 5.41) is 3.33. The van der Waals surface area contributed by atoms with Gasteiger partial charge in [-0.25, -0.2) is 0 Å². The standard InChI is InChI=1S/C13H30N2/c1-2-3-4-5-6-7-8-9-10-12-15-13-11-14/h15H,2-14H2,1H3. The molecule has 15 heavy (non-hydrogen) atoms. The first-order chi connectivity index (χ1) is 7.41. The summed E-state index contributed by atoms with van der Waals surface area (Å²) >= 11 is 0. The van der Waals surface area contributed by atoms with E-state index in [4.69, 9.17) is 5.73 Å². The van der Waals surface area contributed by atoms with Crippen LogP contribution in [0.25, 0.3) is 0 Å².